The Bertz CT molecular complexity index is 2000. The molecule has 4 amide bonds. The van der Waals surface area contributed by atoms with E-state index in [0.717, 1.165) is 27.7 Å². The van der Waals surface area contributed by atoms with Crippen LogP contribution in [0.3, 0.4) is 0 Å². The summed E-state index contributed by atoms with van der Waals surface area (Å²) in [5.41, 5.74) is 2.52. The van der Waals surface area contributed by atoms with Crippen LogP contribution < -0.4 is 5.32 Å². The van der Waals surface area contributed by atoms with Crippen LogP contribution in [0, 0.1) is 0 Å². The molecule has 17 heteroatoms. The Morgan fingerprint density at radius 1 is 0.771 bits per heavy atom. The molecule has 7 saturated heterocycles. The van der Waals surface area contributed by atoms with E-state index in [1.165, 1.54) is 67.7 Å². The van der Waals surface area contributed by atoms with Crippen molar-refractivity contribution >= 4 is 93.2 Å². The third-order valence-electron chi connectivity index (χ3n) is 11.1. The van der Waals surface area contributed by atoms with Gasteiger partial charge in [0.05, 0.1) is 13.2 Å². The number of hydrogen-bond donors (Lipinski definition) is 3. The van der Waals surface area contributed by atoms with Gasteiger partial charge in [0, 0.05) is 62.3 Å². The highest BCUT2D eigenvalue weighted by Crippen LogP contribution is 2.69. The Labute approximate surface area is 294 Å². The molecule has 11 rings (SSSR count). The maximum absolute atomic E-state index is 14.6. The van der Waals surface area contributed by atoms with Crippen molar-refractivity contribution in [3.63, 3.8) is 0 Å². The first-order valence-corrected chi connectivity index (χ1v) is 20.9. The number of anilines is 1. The zero-order valence-electron chi connectivity index (χ0n) is 25.9. The van der Waals surface area contributed by atoms with Crippen molar-refractivity contribution in [2.45, 2.75) is 44.0 Å². The number of rotatable bonds is 5. The molecule has 3 aromatic rings. The molecule has 12 nitrogen and oxygen atoms in total. The number of aliphatic hydroxyl groups excluding tert-OH is 2. The monoisotopic (exact) mass is 742 g/mol. The highest BCUT2D eigenvalue weighted by atomic mass is 33.5. The lowest BCUT2D eigenvalue weighted by Crippen LogP contribution is -2.77. The van der Waals surface area contributed by atoms with Gasteiger partial charge < -0.3 is 34.8 Å². The van der Waals surface area contributed by atoms with Gasteiger partial charge in [-0.2, -0.15) is 0 Å². The highest BCUT2D eigenvalue weighted by Gasteiger charge is 2.77. The Morgan fingerprint density at radius 2 is 1.40 bits per heavy atom. The molecule has 4 bridgehead atoms. The number of likely N-dealkylation sites (N-methyl/N-ethyl adjacent to an activating group) is 3. The molecular formula is C31H30N6O6S5. The Kier molecular flexibility index (Phi) is 6.51. The molecule has 9 heterocycles. The number of piperazine rings is 2. The van der Waals surface area contributed by atoms with Crippen molar-refractivity contribution in [1.82, 2.24) is 24.2 Å². The van der Waals surface area contributed by atoms with E-state index in [-0.39, 0.29) is 36.5 Å². The number of carbonyl (C=O) groups excluding carboxylic acids is 4. The number of hydrogen-bond acceptors (Lipinski definition) is 12. The van der Waals surface area contributed by atoms with Crippen molar-refractivity contribution in [3.05, 3.63) is 65.9 Å². The summed E-state index contributed by atoms with van der Waals surface area (Å²) in [5.74, 6) is -1.14. The molecule has 8 aliphatic heterocycles. The van der Waals surface area contributed by atoms with Gasteiger partial charge in [-0.25, -0.2) is 0 Å². The fourth-order valence-corrected chi connectivity index (χ4v) is 18.0. The molecule has 1 aromatic heterocycles. The summed E-state index contributed by atoms with van der Waals surface area (Å²) >= 11 is 0. The maximum atomic E-state index is 14.6. The molecule has 250 valence electrons. The van der Waals surface area contributed by atoms with Gasteiger partial charge in [0.15, 0.2) is 9.74 Å². The molecule has 3 N–H and O–H groups in total. The van der Waals surface area contributed by atoms with E-state index in [4.69, 9.17) is 0 Å². The van der Waals surface area contributed by atoms with Gasteiger partial charge in [0.25, 0.3) is 23.6 Å². The molecule has 2 aromatic carbocycles. The zero-order chi connectivity index (χ0) is 33.6. The smallest absolute Gasteiger partial charge is 0.265 e. The van der Waals surface area contributed by atoms with Crippen LogP contribution in [0.15, 0.2) is 54.7 Å². The van der Waals surface area contributed by atoms with Crippen molar-refractivity contribution < 1.29 is 29.4 Å². The highest BCUT2D eigenvalue weighted by molar-refractivity contribution is 9.10. The number of carbonyl (C=O) groups is 4. The molecule has 0 saturated carbocycles. The Morgan fingerprint density at radius 3 is 2.17 bits per heavy atom. The third kappa shape index (κ3) is 3.30. The van der Waals surface area contributed by atoms with E-state index in [2.05, 4.69) is 9.88 Å². The number of aromatic nitrogens is 1. The summed E-state index contributed by atoms with van der Waals surface area (Å²) in [4.78, 5) is 57.5. The van der Waals surface area contributed by atoms with Gasteiger partial charge in [-0.1, -0.05) is 47.2 Å². The summed E-state index contributed by atoms with van der Waals surface area (Å²) in [6, 6.07) is 15.8. The SMILES string of the molecule is CN1C(=O)C2(Cc3cn(C45CC67SSSC(CO)(C(=O)N6C4Nc4ccccc45)N(C)C7=O)c4ccccc34)SSC1(CO)C(=O)N2C. The molecule has 1 spiro atoms. The first kappa shape index (κ1) is 31.3. The van der Waals surface area contributed by atoms with Crippen molar-refractivity contribution in [2.75, 3.05) is 39.7 Å². The number of nitrogens with zero attached hydrogens (tertiary/aromatic N) is 5. The first-order valence-electron chi connectivity index (χ1n) is 15.3. The second-order valence-corrected chi connectivity index (χ2v) is 20.2. The van der Waals surface area contributed by atoms with Crippen molar-refractivity contribution in [2.24, 2.45) is 0 Å². The summed E-state index contributed by atoms with van der Waals surface area (Å²) < 4.78 is 2.16. The number of aliphatic hydroxyl groups is 2. The van der Waals surface area contributed by atoms with Gasteiger partial charge in [0.2, 0.25) is 9.74 Å². The molecule has 7 fully saturated rings. The number of nitrogens with one attached hydrogen (secondary N) is 1. The largest absolute Gasteiger partial charge is 0.392 e. The molecule has 0 aliphatic carbocycles. The fourth-order valence-electron chi connectivity index (χ4n) is 8.48. The van der Waals surface area contributed by atoms with Gasteiger partial charge in [-0.15, -0.1) is 0 Å². The van der Waals surface area contributed by atoms with E-state index < -0.39 is 44.4 Å². The van der Waals surface area contributed by atoms with Crippen molar-refractivity contribution in [3.8, 4) is 0 Å². The van der Waals surface area contributed by atoms with E-state index in [9.17, 15) is 29.4 Å². The number of benzene rings is 2. The second-order valence-electron chi connectivity index (χ2n) is 13.0. The molecule has 6 atom stereocenters. The normalized spacial score (nSPS) is 36.6. The first-order chi connectivity index (χ1) is 23.0. The summed E-state index contributed by atoms with van der Waals surface area (Å²) in [6.45, 7) is -1.01. The van der Waals surface area contributed by atoms with E-state index in [0.29, 0.717) is 0 Å². The van der Waals surface area contributed by atoms with Gasteiger partial charge in [-0.3, -0.25) is 24.1 Å². The number of amides is 4. The van der Waals surface area contributed by atoms with Crippen molar-refractivity contribution in [1.29, 1.82) is 0 Å². The molecular weight excluding hydrogens is 713 g/mol. The van der Waals surface area contributed by atoms with Crippen LogP contribution in [-0.2, 0) is 31.1 Å². The summed E-state index contributed by atoms with van der Waals surface area (Å²) in [7, 11) is 11.2. The van der Waals surface area contributed by atoms with Crippen LogP contribution in [0.5, 0.6) is 0 Å². The Balaban J connectivity index is 1.25. The van der Waals surface area contributed by atoms with Crippen LogP contribution in [-0.4, -0.2) is 118 Å². The lowest BCUT2D eigenvalue weighted by molar-refractivity contribution is -0.165. The zero-order valence-corrected chi connectivity index (χ0v) is 30.0. The molecule has 6 unspecified atom stereocenters. The molecule has 0 radical (unpaired) electrons. The van der Waals surface area contributed by atoms with Gasteiger partial charge >= 0.3 is 0 Å². The Hall–Kier alpha value is -2.67. The van der Waals surface area contributed by atoms with Crippen LogP contribution in [0.1, 0.15) is 17.5 Å². The standard InChI is InChI=1S/C31H30N6O6S5/c1-33-25(42)30(15-38)34(2)23(40)28(33,44-45-30)12-17-13-36(21-11-7-4-8-18(17)21)27-14-29-24(41)35(3)31(16-39,47-48-46-29)26(43)37(29)22(27)32-20-10-6-5-9-19(20)27/h4-11,13,22,32,38-39H,12,14-16H2,1-3H3. The average Bonchev–Trinajstić information content (AvgIpc) is 3.67. The minimum atomic E-state index is -1.46. The maximum Gasteiger partial charge on any atom is 0.265 e. The number of para-hydroxylation sites is 2. The minimum absolute atomic E-state index is 0.200. The van der Waals surface area contributed by atoms with Crippen LogP contribution in [0.2, 0.25) is 0 Å². The molecule has 8 aliphatic rings. The minimum Gasteiger partial charge on any atom is -0.392 e. The predicted molar refractivity (Wildman–Crippen MR) is 189 cm³/mol. The average molecular weight is 743 g/mol. The topological polar surface area (TPSA) is 139 Å². The van der Waals surface area contributed by atoms with Crippen LogP contribution >= 0.6 is 53.0 Å². The summed E-state index contributed by atoms with van der Waals surface area (Å²) in [5, 5.41) is 25.4. The van der Waals surface area contributed by atoms with E-state index in [1.807, 2.05) is 54.7 Å². The van der Waals surface area contributed by atoms with Crippen LogP contribution in [0.25, 0.3) is 10.9 Å². The molecule has 48 heavy (non-hydrogen) atoms. The van der Waals surface area contributed by atoms with Crippen LogP contribution in [0.4, 0.5) is 5.69 Å². The second kappa shape index (κ2) is 9.98. The number of fused-ring (bicyclic) bond motifs is 10. The summed E-state index contributed by atoms with van der Waals surface area (Å²) in [6.07, 6.45) is 1.82. The van der Waals surface area contributed by atoms with Gasteiger partial charge in [0.1, 0.15) is 11.7 Å². The third-order valence-corrected chi connectivity index (χ3v) is 19.9. The lowest BCUT2D eigenvalue weighted by atomic mass is 9.86. The fraction of sp³-hybridized carbons (Fsp3) is 0.419. The predicted octanol–water partition coefficient (Wildman–Crippen LogP) is 2.52. The van der Waals surface area contributed by atoms with Gasteiger partial charge in [-0.05, 0) is 59.9 Å². The lowest BCUT2D eigenvalue weighted by Gasteiger charge is -2.58. The van der Waals surface area contributed by atoms with E-state index in [1.54, 1.807) is 26.0 Å². The van der Waals surface area contributed by atoms with E-state index >= 15 is 0 Å². The quantitative estimate of drug-likeness (QED) is 0.332.